The van der Waals surface area contributed by atoms with Crippen LogP contribution < -0.4 is 0 Å². The topological polar surface area (TPSA) is 119 Å². The Kier molecular flexibility index (Phi) is 35.2. The van der Waals surface area contributed by atoms with Crippen molar-refractivity contribution >= 4 is 19.8 Å². The molecule has 0 aliphatic heterocycles. The lowest BCUT2D eigenvalue weighted by Crippen LogP contribution is -2.29. The van der Waals surface area contributed by atoms with Gasteiger partial charge < -0.3 is 19.3 Å². The van der Waals surface area contributed by atoms with Crippen LogP contribution in [0, 0.1) is 0 Å². The zero-order valence-corrected chi connectivity index (χ0v) is 32.5. The highest BCUT2D eigenvalue weighted by atomic mass is 31.2. The van der Waals surface area contributed by atoms with Crippen molar-refractivity contribution in [3.05, 3.63) is 24.3 Å². The maximum absolute atomic E-state index is 12.4. The minimum atomic E-state index is -4.75. The number of rotatable bonds is 37. The van der Waals surface area contributed by atoms with Crippen molar-refractivity contribution in [3.63, 3.8) is 0 Å². The summed E-state index contributed by atoms with van der Waals surface area (Å²) in [7, 11) is -4.75. The number of hydrogen-bond acceptors (Lipinski definition) is 6. The molecule has 0 heterocycles. The fourth-order valence-electron chi connectivity index (χ4n) is 5.70. The molecule has 0 saturated heterocycles. The predicted molar refractivity (Wildman–Crippen MR) is 202 cm³/mol. The Labute approximate surface area is 300 Å². The van der Waals surface area contributed by atoms with E-state index in [-0.39, 0.29) is 19.4 Å². The van der Waals surface area contributed by atoms with Gasteiger partial charge in [0.25, 0.3) is 0 Å². The van der Waals surface area contributed by atoms with Gasteiger partial charge in [-0.3, -0.25) is 14.1 Å². The van der Waals surface area contributed by atoms with Crippen molar-refractivity contribution in [2.45, 2.75) is 206 Å². The average Bonchev–Trinajstić information content (AvgIpc) is 3.07. The monoisotopic (exact) mass is 715 g/mol. The maximum atomic E-state index is 12.4. The molecule has 0 aromatic rings. The van der Waals surface area contributed by atoms with Gasteiger partial charge in [0.1, 0.15) is 6.61 Å². The van der Waals surface area contributed by atoms with E-state index in [1.54, 1.807) is 0 Å². The molecule has 9 heteroatoms. The molecule has 0 aliphatic carbocycles. The summed E-state index contributed by atoms with van der Waals surface area (Å²) in [5.74, 6) is -0.887. The number of esters is 2. The summed E-state index contributed by atoms with van der Waals surface area (Å²) in [6, 6.07) is 0. The highest BCUT2D eigenvalue weighted by Gasteiger charge is 2.22. The maximum Gasteiger partial charge on any atom is 0.469 e. The van der Waals surface area contributed by atoms with Crippen LogP contribution in [0.4, 0.5) is 0 Å². The molecule has 0 spiro atoms. The number of unbranched alkanes of at least 4 members (excludes halogenated alkanes) is 23. The zero-order valence-electron chi connectivity index (χ0n) is 31.6. The summed E-state index contributed by atoms with van der Waals surface area (Å²) in [6.07, 6.45) is 40.3. The molecule has 0 aromatic heterocycles. The van der Waals surface area contributed by atoms with Crippen molar-refractivity contribution in [2.24, 2.45) is 0 Å². The molecule has 0 aromatic carbocycles. The van der Waals surface area contributed by atoms with E-state index in [0.29, 0.717) is 6.42 Å². The zero-order chi connectivity index (χ0) is 36.1. The highest BCUT2D eigenvalue weighted by Crippen LogP contribution is 2.36. The third-order valence-corrected chi connectivity index (χ3v) is 9.21. The van der Waals surface area contributed by atoms with E-state index >= 15 is 0 Å². The Balaban J connectivity index is 3.93. The van der Waals surface area contributed by atoms with Crippen molar-refractivity contribution in [3.8, 4) is 0 Å². The van der Waals surface area contributed by atoms with Gasteiger partial charge in [-0.15, -0.1) is 0 Å². The third-order valence-electron chi connectivity index (χ3n) is 8.72. The number of carbonyl (C=O) groups excluding carboxylic acids is 2. The lowest BCUT2D eigenvalue weighted by molar-refractivity contribution is -0.161. The molecule has 0 bridgehead atoms. The van der Waals surface area contributed by atoms with E-state index in [1.807, 2.05) is 0 Å². The Morgan fingerprint density at radius 2 is 0.918 bits per heavy atom. The Bertz CT molecular complexity index is 853. The van der Waals surface area contributed by atoms with Crippen LogP contribution in [-0.2, 0) is 28.2 Å². The van der Waals surface area contributed by atoms with Crippen LogP contribution in [0.15, 0.2) is 24.3 Å². The molecule has 0 saturated carbocycles. The van der Waals surface area contributed by atoms with E-state index in [2.05, 4.69) is 42.7 Å². The van der Waals surface area contributed by atoms with Gasteiger partial charge in [0.15, 0.2) is 6.10 Å². The van der Waals surface area contributed by atoms with Crippen LogP contribution >= 0.6 is 7.82 Å². The van der Waals surface area contributed by atoms with Gasteiger partial charge in [-0.2, -0.15) is 0 Å². The number of phosphoric acid groups is 1. The lowest BCUT2D eigenvalue weighted by atomic mass is 10.0. The Morgan fingerprint density at radius 3 is 1.39 bits per heavy atom. The Hall–Kier alpha value is -1.47. The SMILES string of the molecule is CCCCC/C=C\C/C=C\CCCCCCCCCC(=O)O[C@H](COC(=O)CCCCCCCCCCCCCCCC)COP(=O)(O)O. The van der Waals surface area contributed by atoms with Crippen molar-refractivity contribution < 1.29 is 37.9 Å². The molecular formula is C40H75O8P. The fraction of sp³-hybridized carbons (Fsp3) is 0.850. The van der Waals surface area contributed by atoms with Gasteiger partial charge in [-0.1, -0.05) is 167 Å². The van der Waals surface area contributed by atoms with Crippen LogP contribution in [-0.4, -0.2) is 41.0 Å². The van der Waals surface area contributed by atoms with E-state index in [4.69, 9.17) is 19.3 Å². The van der Waals surface area contributed by atoms with Gasteiger partial charge in [0.2, 0.25) is 0 Å². The molecule has 0 aliphatic rings. The average molecular weight is 715 g/mol. The highest BCUT2D eigenvalue weighted by molar-refractivity contribution is 7.46. The van der Waals surface area contributed by atoms with Gasteiger partial charge in [-0.05, 0) is 44.9 Å². The van der Waals surface area contributed by atoms with E-state index in [1.165, 1.54) is 116 Å². The van der Waals surface area contributed by atoms with Crippen molar-refractivity contribution in [2.75, 3.05) is 13.2 Å². The molecule has 0 unspecified atom stereocenters. The van der Waals surface area contributed by atoms with Crippen LogP contribution in [0.3, 0.4) is 0 Å². The first-order valence-electron chi connectivity index (χ1n) is 20.1. The van der Waals surface area contributed by atoms with Gasteiger partial charge >= 0.3 is 19.8 Å². The molecule has 49 heavy (non-hydrogen) atoms. The first-order valence-corrected chi connectivity index (χ1v) is 21.7. The number of carbonyl (C=O) groups is 2. The smallest absolute Gasteiger partial charge is 0.462 e. The molecule has 288 valence electrons. The second-order valence-corrected chi connectivity index (χ2v) is 14.9. The molecule has 0 rings (SSSR count). The largest absolute Gasteiger partial charge is 0.469 e. The van der Waals surface area contributed by atoms with E-state index in [9.17, 15) is 14.2 Å². The molecule has 0 radical (unpaired) electrons. The number of allylic oxidation sites excluding steroid dienone is 4. The lowest BCUT2D eigenvalue weighted by Gasteiger charge is -2.18. The van der Waals surface area contributed by atoms with E-state index in [0.717, 1.165) is 51.4 Å². The first kappa shape index (κ1) is 47.5. The minimum Gasteiger partial charge on any atom is -0.462 e. The molecule has 1 atom stereocenters. The van der Waals surface area contributed by atoms with E-state index < -0.39 is 32.5 Å². The fourth-order valence-corrected chi connectivity index (χ4v) is 6.06. The summed E-state index contributed by atoms with van der Waals surface area (Å²) in [5.41, 5.74) is 0. The number of ether oxygens (including phenoxy) is 2. The first-order chi connectivity index (χ1) is 23.8. The van der Waals surface area contributed by atoms with Gasteiger partial charge in [0.05, 0.1) is 6.61 Å². The summed E-state index contributed by atoms with van der Waals surface area (Å²) < 4.78 is 26.3. The normalized spacial score (nSPS) is 12.7. The van der Waals surface area contributed by atoms with Crippen LogP contribution in [0.1, 0.15) is 200 Å². The minimum absolute atomic E-state index is 0.206. The predicted octanol–water partition coefficient (Wildman–Crippen LogP) is 12.0. The van der Waals surface area contributed by atoms with Crippen molar-refractivity contribution in [1.29, 1.82) is 0 Å². The number of phosphoric ester groups is 1. The second-order valence-electron chi connectivity index (χ2n) is 13.6. The molecular weight excluding hydrogens is 639 g/mol. The summed E-state index contributed by atoms with van der Waals surface area (Å²) in [4.78, 5) is 42.8. The molecule has 0 amide bonds. The summed E-state index contributed by atoms with van der Waals surface area (Å²) >= 11 is 0. The molecule has 0 fully saturated rings. The van der Waals surface area contributed by atoms with Gasteiger partial charge in [0, 0.05) is 12.8 Å². The Morgan fingerprint density at radius 1 is 0.531 bits per heavy atom. The van der Waals surface area contributed by atoms with Gasteiger partial charge in [-0.25, -0.2) is 4.57 Å². The quantitative estimate of drug-likeness (QED) is 0.0282. The van der Waals surface area contributed by atoms with Crippen molar-refractivity contribution in [1.82, 2.24) is 0 Å². The summed E-state index contributed by atoms with van der Waals surface area (Å²) in [5, 5.41) is 0. The standard InChI is InChI=1S/C40H75O8P/c1-3-5-7-9-11-13-15-17-19-20-21-23-25-27-29-31-33-35-40(42)48-38(37-47-49(43,44)45)36-46-39(41)34-32-30-28-26-24-22-18-16-14-12-10-8-6-4-2/h11,13,17,19,38H,3-10,12,14-16,18,20-37H2,1-2H3,(H2,43,44,45)/b13-11-,19-17-/t38-/m1/s1. The molecule has 2 N–H and O–H groups in total. The van der Waals surface area contributed by atoms with Crippen LogP contribution in [0.5, 0.6) is 0 Å². The second kappa shape index (κ2) is 36.3. The summed E-state index contributed by atoms with van der Waals surface area (Å²) in [6.45, 7) is 3.66. The molecule has 8 nitrogen and oxygen atoms in total. The number of hydrogen-bond donors (Lipinski definition) is 2. The third kappa shape index (κ3) is 39.2. The van der Waals surface area contributed by atoms with Crippen LogP contribution in [0.25, 0.3) is 0 Å². The van der Waals surface area contributed by atoms with Crippen LogP contribution in [0.2, 0.25) is 0 Å².